The first-order chi connectivity index (χ1) is 6.38. The molecule has 3 heteroatoms. The predicted octanol–water partition coefficient (Wildman–Crippen LogP) is 1.18. The molecule has 0 unspecified atom stereocenters. The van der Waals surface area contributed by atoms with Gasteiger partial charge in [0.2, 0.25) is 0 Å². The van der Waals surface area contributed by atoms with Gasteiger partial charge in [0.25, 0.3) is 0 Å². The summed E-state index contributed by atoms with van der Waals surface area (Å²) in [6.07, 6.45) is 6.93. The third kappa shape index (κ3) is 2.56. The molecule has 1 aliphatic carbocycles. The number of nitrogens with two attached hydrogens (primary N) is 1. The van der Waals surface area contributed by atoms with Gasteiger partial charge in [0.15, 0.2) is 0 Å². The molecule has 72 valence electrons. The minimum absolute atomic E-state index is 0.759. The molecule has 3 nitrogen and oxygen atoms in total. The third-order valence-electron chi connectivity index (χ3n) is 2.48. The summed E-state index contributed by atoms with van der Waals surface area (Å²) < 4.78 is 2.07. The Morgan fingerprint density at radius 3 is 3.08 bits per heavy atom. The minimum atomic E-state index is 0.759. The Balaban J connectivity index is 1.84. The van der Waals surface area contributed by atoms with Crippen LogP contribution in [0.4, 0.5) is 0 Å². The van der Waals surface area contributed by atoms with Crippen LogP contribution in [0, 0.1) is 5.92 Å². The maximum Gasteiger partial charge on any atom is 0.0625 e. The number of aryl methyl sites for hydroxylation is 1. The quantitative estimate of drug-likeness (QED) is 0.737. The van der Waals surface area contributed by atoms with Crippen LogP contribution in [0.25, 0.3) is 0 Å². The Labute approximate surface area is 78.9 Å². The molecule has 1 heterocycles. The first kappa shape index (κ1) is 8.75. The Bertz CT molecular complexity index is 263. The average molecular weight is 179 g/mol. The van der Waals surface area contributed by atoms with Crippen LogP contribution in [0.5, 0.6) is 0 Å². The van der Waals surface area contributed by atoms with Gasteiger partial charge in [-0.1, -0.05) is 0 Å². The van der Waals surface area contributed by atoms with Crippen molar-refractivity contribution in [3.8, 4) is 0 Å². The molecule has 0 atom stereocenters. The smallest absolute Gasteiger partial charge is 0.0625 e. The highest BCUT2D eigenvalue weighted by atomic mass is 15.3. The van der Waals surface area contributed by atoms with Gasteiger partial charge in [-0.25, -0.2) is 0 Å². The van der Waals surface area contributed by atoms with Crippen molar-refractivity contribution in [2.24, 2.45) is 11.7 Å². The third-order valence-corrected chi connectivity index (χ3v) is 2.48. The first-order valence-corrected chi connectivity index (χ1v) is 5.11. The molecule has 1 aromatic rings. The van der Waals surface area contributed by atoms with Crippen LogP contribution in [0.1, 0.15) is 25.0 Å². The Hall–Kier alpha value is -0.830. The van der Waals surface area contributed by atoms with Crippen LogP contribution in [-0.2, 0) is 13.0 Å². The van der Waals surface area contributed by atoms with E-state index in [1.807, 2.05) is 0 Å². The summed E-state index contributed by atoms with van der Waals surface area (Å²) in [4.78, 5) is 0. The molecule has 0 saturated heterocycles. The van der Waals surface area contributed by atoms with E-state index < -0.39 is 0 Å². The van der Waals surface area contributed by atoms with Crippen LogP contribution in [-0.4, -0.2) is 16.3 Å². The minimum Gasteiger partial charge on any atom is -0.330 e. The zero-order valence-electron chi connectivity index (χ0n) is 7.95. The van der Waals surface area contributed by atoms with Crippen LogP contribution < -0.4 is 5.73 Å². The molecule has 0 radical (unpaired) electrons. The van der Waals surface area contributed by atoms with Gasteiger partial charge in [-0.3, -0.25) is 4.68 Å². The fourth-order valence-corrected chi connectivity index (χ4v) is 1.49. The van der Waals surface area contributed by atoms with Crippen molar-refractivity contribution < 1.29 is 0 Å². The summed E-state index contributed by atoms with van der Waals surface area (Å²) in [6.45, 7) is 1.87. The molecule has 0 aliphatic heterocycles. The standard InChI is InChI=1S/C10H17N3/c11-6-1-2-10-5-7-13(12-10)8-9-3-4-9/h5,7,9H,1-4,6,8,11H2. The summed E-state index contributed by atoms with van der Waals surface area (Å²) in [5.41, 5.74) is 6.63. The van der Waals surface area contributed by atoms with Crippen LogP contribution >= 0.6 is 0 Å². The van der Waals surface area contributed by atoms with Gasteiger partial charge in [-0.15, -0.1) is 0 Å². The van der Waals surface area contributed by atoms with Crippen molar-refractivity contribution in [3.05, 3.63) is 18.0 Å². The van der Waals surface area contributed by atoms with E-state index in [9.17, 15) is 0 Å². The van der Waals surface area contributed by atoms with Crippen LogP contribution in [0.2, 0.25) is 0 Å². The predicted molar refractivity (Wildman–Crippen MR) is 52.3 cm³/mol. The lowest BCUT2D eigenvalue weighted by molar-refractivity contribution is 0.555. The zero-order chi connectivity index (χ0) is 9.10. The Kier molecular flexibility index (Phi) is 2.64. The van der Waals surface area contributed by atoms with E-state index in [0.29, 0.717) is 0 Å². The summed E-state index contributed by atoms with van der Waals surface area (Å²) in [5.74, 6) is 0.905. The molecular weight excluding hydrogens is 162 g/mol. The van der Waals surface area contributed by atoms with Crippen molar-refractivity contribution in [3.63, 3.8) is 0 Å². The van der Waals surface area contributed by atoms with Crippen LogP contribution in [0.15, 0.2) is 12.3 Å². The van der Waals surface area contributed by atoms with Gasteiger partial charge in [0.1, 0.15) is 0 Å². The second-order valence-corrected chi connectivity index (χ2v) is 3.86. The van der Waals surface area contributed by atoms with Gasteiger partial charge in [-0.2, -0.15) is 5.10 Å². The maximum absolute atomic E-state index is 5.44. The fraction of sp³-hybridized carbons (Fsp3) is 0.700. The van der Waals surface area contributed by atoms with Crippen molar-refractivity contribution in [2.45, 2.75) is 32.2 Å². The number of rotatable bonds is 5. The van der Waals surface area contributed by atoms with E-state index in [4.69, 9.17) is 5.73 Å². The molecule has 1 aromatic heterocycles. The van der Waals surface area contributed by atoms with Crippen molar-refractivity contribution >= 4 is 0 Å². The summed E-state index contributed by atoms with van der Waals surface area (Å²) in [5, 5.41) is 4.49. The Morgan fingerprint density at radius 2 is 2.38 bits per heavy atom. The molecule has 2 rings (SSSR count). The molecule has 0 aromatic carbocycles. The highest BCUT2D eigenvalue weighted by Crippen LogP contribution is 2.30. The average Bonchev–Trinajstić information content (AvgIpc) is 2.81. The van der Waals surface area contributed by atoms with Gasteiger partial charge >= 0.3 is 0 Å². The SMILES string of the molecule is NCCCc1ccn(CC2CC2)n1. The van der Waals surface area contributed by atoms with E-state index in [1.165, 1.54) is 18.5 Å². The van der Waals surface area contributed by atoms with Gasteiger partial charge < -0.3 is 5.73 Å². The molecule has 1 fully saturated rings. The normalized spacial score (nSPS) is 16.4. The lowest BCUT2D eigenvalue weighted by Crippen LogP contribution is -2.03. The number of hydrogen-bond acceptors (Lipinski definition) is 2. The molecule has 0 bridgehead atoms. The maximum atomic E-state index is 5.44. The molecule has 1 aliphatic rings. The second-order valence-electron chi connectivity index (χ2n) is 3.86. The monoisotopic (exact) mass is 179 g/mol. The van der Waals surface area contributed by atoms with Gasteiger partial charge in [-0.05, 0) is 44.2 Å². The van der Waals surface area contributed by atoms with E-state index in [0.717, 1.165) is 31.8 Å². The van der Waals surface area contributed by atoms with E-state index in [-0.39, 0.29) is 0 Å². The van der Waals surface area contributed by atoms with Gasteiger partial charge in [0, 0.05) is 12.7 Å². The molecular formula is C10H17N3. The highest BCUT2D eigenvalue weighted by Gasteiger charge is 2.21. The van der Waals surface area contributed by atoms with E-state index >= 15 is 0 Å². The molecule has 0 amide bonds. The second kappa shape index (κ2) is 3.92. The fourth-order valence-electron chi connectivity index (χ4n) is 1.49. The Morgan fingerprint density at radius 1 is 1.54 bits per heavy atom. The van der Waals surface area contributed by atoms with Gasteiger partial charge in [0.05, 0.1) is 5.69 Å². The van der Waals surface area contributed by atoms with Crippen molar-refractivity contribution in [1.29, 1.82) is 0 Å². The van der Waals surface area contributed by atoms with Crippen molar-refractivity contribution in [1.82, 2.24) is 9.78 Å². The van der Waals surface area contributed by atoms with Crippen molar-refractivity contribution in [2.75, 3.05) is 6.54 Å². The largest absolute Gasteiger partial charge is 0.330 e. The zero-order valence-corrected chi connectivity index (χ0v) is 7.95. The number of nitrogens with zero attached hydrogens (tertiary/aromatic N) is 2. The summed E-state index contributed by atoms with van der Waals surface area (Å²) in [7, 11) is 0. The lowest BCUT2D eigenvalue weighted by Gasteiger charge is -1.97. The lowest BCUT2D eigenvalue weighted by atomic mass is 10.2. The summed E-state index contributed by atoms with van der Waals surface area (Å²) >= 11 is 0. The highest BCUT2D eigenvalue weighted by molar-refractivity contribution is 4.99. The number of hydrogen-bond donors (Lipinski definition) is 1. The molecule has 1 saturated carbocycles. The molecule has 13 heavy (non-hydrogen) atoms. The first-order valence-electron chi connectivity index (χ1n) is 5.11. The topological polar surface area (TPSA) is 43.8 Å². The number of aromatic nitrogens is 2. The molecule has 0 spiro atoms. The molecule has 2 N–H and O–H groups in total. The van der Waals surface area contributed by atoms with E-state index in [1.54, 1.807) is 0 Å². The van der Waals surface area contributed by atoms with Crippen LogP contribution in [0.3, 0.4) is 0 Å². The summed E-state index contributed by atoms with van der Waals surface area (Å²) in [6, 6.07) is 2.11. The van der Waals surface area contributed by atoms with E-state index in [2.05, 4.69) is 22.0 Å².